The van der Waals surface area contributed by atoms with Crippen LogP contribution in [-0.4, -0.2) is 54.5 Å². The Morgan fingerprint density at radius 2 is 1.61 bits per heavy atom. The van der Waals surface area contributed by atoms with Crippen LogP contribution in [0.2, 0.25) is 0 Å². The smallest absolute Gasteiger partial charge is 0.243 e. The molecule has 1 saturated heterocycles. The van der Waals surface area contributed by atoms with Crippen molar-refractivity contribution >= 4 is 20.0 Å². The zero-order chi connectivity index (χ0) is 22.5. The molecule has 1 N–H and O–H groups in total. The molecule has 0 unspecified atom stereocenters. The molecule has 31 heavy (non-hydrogen) atoms. The first-order chi connectivity index (χ1) is 14.8. The third-order valence-corrected chi connectivity index (χ3v) is 8.50. The number of sulfonamides is 2. The van der Waals surface area contributed by atoms with Gasteiger partial charge in [0.15, 0.2) is 0 Å². The van der Waals surface area contributed by atoms with Gasteiger partial charge in [0, 0.05) is 19.6 Å². The number of hydrogen-bond acceptors (Lipinski definition) is 6. The Hall–Kier alpha value is -2.14. The molecule has 1 aliphatic heterocycles. The molecular formula is C21H28N2O6S2. The van der Waals surface area contributed by atoms with Gasteiger partial charge in [0.05, 0.1) is 16.9 Å². The molecule has 3 rings (SSSR count). The van der Waals surface area contributed by atoms with E-state index in [1.807, 2.05) is 6.92 Å². The summed E-state index contributed by atoms with van der Waals surface area (Å²) < 4.78 is 64.9. The summed E-state index contributed by atoms with van der Waals surface area (Å²) in [7, 11) is -5.59. The van der Waals surface area contributed by atoms with Crippen LogP contribution in [0.25, 0.3) is 0 Å². The lowest BCUT2D eigenvalue weighted by Crippen LogP contribution is -2.28. The van der Waals surface area contributed by atoms with Crippen molar-refractivity contribution in [3.8, 4) is 11.5 Å². The predicted molar refractivity (Wildman–Crippen MR) is 117 cm³/mol. The van der Waals surface area contributed by atoms with Crippen LogP contribution in [0.15, 0.2) is 52.3 Å². The molecule has 8 nitrogen and oxygen atoms in total. The summed E-state index contributed by atoms with van der Waals surface area (Å²) in [6, 6.07) is 10.9. The molecule has 0 amide bonds. The Labute approximate surface area is 184 Å². The fraction of sp³-hybridized carbons (Fsp3) is 0.429. The van der Waals surface area contributed by atoms with E-state index in [0.717, 1.165) is 18.4 Å². The van der Waals surface area contributed by atoms with Crippen molar-refractivity contribution in [1.82, 2.24) is 9.03 Å². The monoisotopic (exact) mass is 468 g/mol. The van der Waals surface area contributed by atoms with Crippen molar-refractivity contribution in [2.45, 2.75) is 36.0 Å². The lowest BCUT2D eigenvalue weighted by Gasteiger charge is -2.15. The van der Waals surface area contributed by atoms with E-state index in [2.05, 4.69) is 4.72 Å². The Bertz CT molecular complexity index is 1090. The van der Waals surface area contributed by atoms with Crippen LogP contribution < -0.4 is 14.2 Å². The van der Waals surface area contributed by atoms with Gasteiger partial charge in [-0.15, -0.1) is 0 Å². The summed E-state index contributed by atoms with van der Waals surface area (Å²) >= 11 is 0. The minimum atomic E-state index is -3.68. The van der Waals surface area contributed by atoms with E-state index >= 15 is 0 Å². The van der Waals surface area contributed by atoms with Crippen molar-refractivity contribution in [2.75, 3.05) is 33.4 Å². The molecule has 0 saturated carbocycles. The summed E-state index contributed by atoms with van der Waals surface area (Å²) in [4.78, 5) is 0.398. The highest BCUT2D eigenvalue weighted by Crippen LogP contribution is 2.24. The Balaban J connectivity index is 1.54. The summed E-state index contributed by atoms with van der Waals surface area (Å²) in [5, 5.41) is 0. The Morgan fingerprint density at radius 3 is 2.23 bits per heavy atom. The Morgan fingerprint density at radius 1 is 0.968 bits per heavy atom. The van der Waals surface area contributed by atoms with Gasteiger partial charge < -0.3 is 9.47 Å². The van der Waals surface area contributed by atoms with Gasteiger partial charge in [0.1, 0.15) is 18.1 Å². The molecule has 0 atom stereocenters. The van der Waals surface area contributed by atoms with Crippen molar-refractivity contribution in [1.29, 1.82) is 0 Å². The average Bonchev–Trinajstić information content (AvgIpc) is 3.32. The van der Waals surface area contributed by atoms with E-state index in [9.17, 15) is 16.8 Å². The number of nitrogens with one attached hydrogen (secondary N) is 1. The zero-order valence-corrected chi connectivity index (χ0v) is 19.3. The highest BCUT2D eigenvalue weighted by atomic mass is 32.2. The maximum atomic E-state index is 12.5. The topological polar surface area (TPSA) is 102 Å². The lowest BCUT2D eigenvalue weighted by atomic mass is 10.1. The second-order valence-electron chi connectivity index (χ2n) is 7.16. The zero-order valence-electron chi connectivity index (χ0n) is 17.7. The number of aryl methyl sites for hydroxylation is 1. The second kappa shape index (κ2) is 9.99. The van der Waals surface area contributed by atoms with Crippen molar-refractivity contribution in [2.24, 2.45) is 0 Å². The van der Waals surface area contributed by atoms with Crippen LogP contribution >= 0.6 is 0 Å². The summed E-state index contributed by atoms with van der Waals surface area (Å²) in [5.41, 5.74) is 0.811. The molecule has 0 bridgehead atoms. The first-order valence-corrected chi connectivity index (χ1v) is 13.1. The number of methoxy groups -OCH3 is 1. The highest BCUT2D eigenvalue weighted by molar-refractivity contribution is 7.89. The fourth-order valence-electron chi connectivity index (χ4n) is 3.41. The van der Waals surface area contributed by atoms with E-state index in [1.165, 1.54) is 22.5 Å². The maximum absolute atomic E-state index is 12.5. The molecule has 0 aromatic heterocycles. The second-order valence-corrected chi connectivity index (χ2v) is 10.9. The minimum absolute atomic E-state index is 0.0731. The molecule has 1 aliphatic rings. The van der Waals surface area contributed by atoms with Gasteiger partial charge in [-0.1, -0.05) is 6.92 Å². The third kappa shape index (κ3) is 5.57. The molecule has 0 aliphatic carbocycles. The number of ether oxygens (including phenoxy) is 2. The molecule has 2 aromatic carbocycles. The molecular weight excluding hydrogens is 440 g/mol. The molecule has 1 fully saturated rings. The largest absolute Gasteiger partial charge is 0.496 e. The van der Waals surface area contributed by atoms with Gasteiger partial charge in [0.2, 0.25) is 20.0 Å². The van der Waals surface area contributed by atoms with Crippen LogP contribution in [0.3, 0.4) is 0 Å². The normalized spacial score (nSPS) is 15.2. The standard InChI is InChI=1S/C21H28N2O6S2/c1-3-17-16-20(10-11-21(17)28-2)30(24,25)22-12-15-29-18-6-8-19(9-7-18)31(26,27)23-13-4-5-14-23/h6-11,16,22H,3-5,12-15H2,1-2H3. The first kappa shape index (κ1) is 23.5. The van der Waals surface area contributed by atoms with Crippen LogP contribution in [0, 0.1) is 0 Å². The van der Waals surface area contributed by atoms with Crippen LogP contribution in [-0.2, 0) is 26.5 Å². The van der Waals surface area contributed by atoms with E-state index < -0.39 is 20.0 Å². The first-order valence-electron chi connectivity index (χ1n) is 10.2. The molecule has 0 radical (unpaired) electrons. The van der Waals surface area contributed by atoms with Gasteiger partial charge in [-0.2, -0.15) is 4.31 Å². The SMILES string of the molecule is CCc1cc(S(=O)(=O)NCCOc2ccc(S(=O)(=O)N3CCCC3)cc2)ccc1OC. The molecule has 170 valence electrons. The van der Waals surface area contributed by atoms with Gasteiger partial charge in [0.25, 0.3) is 0 Å². The van der Waals surface area contributed by atoms with Gasteiger partial charge in [-0.3, -0.25) is 0 Å². The number of nitrogens with zero attached hydrogens (tertiary/aromatic N) is 1. The predicted octanol–water partition coefficient (Wildman–Crippen LogP) is 2.40. The number of hydrogen-bond donors (Lipinski definition) is 1. The van der Waals surface area contributed by atoms with E-state index in [4.69, 9.17) is 9.47 Å². The van der Waals surface area contributed by atoms with Crippen LogP contribution in [0.4, 0.5) is 0 Å². The fourth-order valence-corrected chi connectivity index (χ4v) is 5.99. The maximum Gasteiger partial charge on any atom is 0.243 e. The van der Waals surface area contributed by atoms with Crippen LogP contribution in [0.1, 0.15) is 25.3 Å². The van der Waals surface area contributed by atoms with E-state index in [1.54, 1.807) is 31.4 Å². The number of rotatable bonds is 10. The highest BCUT2D eigenvalue weighted by Gasteiger charge is 2.27. The van der Waals surface area contributed by atoms with Crippen molar-refractivity contribution in [3.63, 3.8) is 0 Å². The molecule has 2 aromatic rings. The van der Waals surface area contributed by atoms with E-state index in [-0.39, 0.29) is 22.9 Å². The average molecular weight is 469 g/mol. The third-order valence-electron chi connectivity index (χ3n) is 5.13. The van der Waals surface area contributed by atoms with Crippen LogP contribution in [0.5, 0.6) is 11.5 Å². The van der Waals surface area contributed by atoms with Crippen molar-refractivity contribution < 1.29 is 26.3 Å². The van der Waals surface area contributed by atoms with Crippen molar-refractivity contribution in [3.05, 3.63) is 48.0 Å². The summed E-state index contributed by atoms with van der Waals surface area (Å²) in [5.74, 6) is 1.12. The number of benzene rings is 2. The quantitative estimate of drug-likeness (QED) is 0.537. The van der Waals surface area contributed by atoms with Gasteiger partial charge >= 0.3 is 0 Å². The van der Waals surface area contributed by atoms with Gasteiger partial charge in [-0.25, -0.2) is 21.6 Å². The van der Waals surface area contributed by atoms with Gasteiger partial charge in [-0.05, 0) is 67.3 Å². The lowest BCUT2D eigenvalue weighted by molar-refractivity contribution is 0.322. The molecule has 10 heteroatoms. The molecule has 1 heterocycles. The summed E-state index contributed by atoms with van der Waals surface area (Å²) in [6.07, 6.45) is 2.42. The minimum Gasteiger partial charge on any atom is -0.496 e. The van der Waals surface area contributed by atoms with E-state index in [0.29, 0.717) is 31.0 Å². The molecule has 0 spiro atoms. The summed E-state index contributed by atoms with van der Waals surface area (Å²) in [6.45, 7) is 3.21. The Kier molecular flexibility index (Phi) is 7.58.